The summed E-state index contributed by atoms with van der Waals surface area (Å²) in [5.41, 5.74) is 1.48. The lowest BCUT2D eigenvalue weighted by molar-refractivity contribution is 0.193. The number of carbonyl (C=O) groups excluding carboxylic acids is 1. The first-order chi connectivity index (χ1) is 11.5. The van der Waals surface area contributed by atoms with E-state index in [9.17, 15) is 9.18 Å². The predicted molar refractivity (Wildman–Crippen MR) is 91.1 cm³/mol. The van der Waals surface area contributed by atoms with Crippen LogP contribution in [0.15, 0.2) is 48.8 Å². The molecule has 5 heteroatoms. The summed E-state index contributed by atoms with van der Waals surface area (Å²) in [6.45, 7) is 2.43. The minimum atomic E-state index is -0.248. The van der Waals surface area contributed by atoms with Gasteiger partial charge in [0.2, 0.25) is 0 Å². The average molecular weight is 327 g/mol. The molecule has 1 aromatic carbocycles. The molecule has 1 unspecified atom stereocenters. The van der Waals surface area contributed by atoms with Gasteiger partial charge in [0.1, 0.15) is 5.82 Å². The molecule has 24 heavy (non-hydrogen) atoms. The summed E-state index contributed by atoms with van der Waals surface area (Å²) >= 11 is 0. The second-order valence-corrected chi connectivity index (χ2v) is 6.49. The highest BCUT2D eigenvalue weighted by atomic mass is 19.1. The molecule has 1 aliphatic carbocycles. The smallest absolute Gasteiger partial charge is 0.317 e. The Morgan fingerprint density at radius 2 is 1.96 bits per heavy atom. The molecule has 1 aromatic heterocycles. The van der Waals surface area contributed by atoms with Crippen LogP contribution >= 0.6 is 0 Å². The van der Waals surface area contributed by atoms with Crippen LogP contribution in [0.4, 0.5) is 9.18 Å². The molecule has 1 atom stereocenters. The van der Waals surface area contributed by atoms with E-state index in [1.54, 1.807) is 30.4 Å². The topological polar surface area (TPSA) is 45.2 Å². The van der Waals surface area contributed by atoms with Gasteiger partial charge in [0.25, 0.3) is 0 Å². The van der Waals surface area contributed by atoms with Crippen LogP contribution in [-0.2, 0) is 5.41 Å². The van der Waals surface area contributed by atoms with Crippen LogP contribution < -0.4 is 5.32 Å². The number of nitrogens with one attached hydrogen (secondary N) is 1. The monoisotopic (exact) mass is 327 g/mol. The number of hydrogen-bond donors (Lipinski definition) is 1. The fourth-order valence-corrected chi connectivity index (χ4v) is 2.99. The average Bonchev–Trinajstić information content (AvgIpc) is 3.40. The molecule has 126 valence electrons. The number of urea groups is 1. The maximum atomic E-state index is 14.0. The molecule has 1 saturated carbocycles. The van der Waals surface area contributed by atoms with Crippen molar-refractivity contribution in [1.82, 2.24) is 15.2 Å². The first kappa shape index (κ1) is 16.4. The molecular formula is C19H22FN3O. The summed E-state index contributed by atoms with van der Waals surface area (Å²) in [5, 5.41) is 2.97. The quantitative estimate of drug-likeness (QED) is 0.911. The van der Waals surface area contributed by atoms with E-state index in [0.29, 0.717) is 12.1 Å². The number of rotatable bonds is 5. The number of halogens is 1. The van der Waals surface area contributed by atoms with Crippen LogP contribution in [0.25, 0.3) is 0 Å². The fraction of sp³-hybridized carbons (Fsp3) is 0.368. The second-order valence-electron chi connectivity index (χ2n) is 6.49. The molecule has 0 saturated heterocycles. The van der Waals surface area contributed by atoms with Crippen LogP contribution in [-0.4, -0.2) is 29.5 Å². The van der Waals surface area contributed by atoms with Gasteiger partial charge in [-0.2, -0.15) is 0 Å². The summed E-state index contributed by atoms with van der Waals surface area (Å²) in [4.78, 5) is 18.1. The Morgan fingerprint density at radius 3 is 2.58 bits per heavy atom. The van der Waals surface area contributed by atoms with E-state index in [1.807, 2.05) is 31.2 Å². The van der Waals surface area contributed by atoms with E-state index in [1.165, 1.54) is 6.07 Å². The molecule has 1 aliphatic rings. The minimum Gasteiger partial charge on any atom is -0.337 e. The molecule has 4 nitrogen and oxygen atoms in total. The van der Waals surface area contributed by atoms with Crippen LogP contribution in [0.3, 0.4) is 0 Å². The number of aromatic nitrogens is 1. The Labute approximate surface area is 141 Å². The van der Waals surface area contributed by atoms with Gasteiger partial charge in [-0.15, -0.1) is 0 Å². The lowest BCUT2D eigenvalue weighted by Crippen LogP contribution is -2.42. The highest BCUT2D eigenvalue weighted by Gasteiger charge is 2.46. The van der Waals surface area contributed by atoms with Crippen LogP contribution in [0, 0.1) is 5.82 Å². The fourth-order valence-electron chi connectivity index (χ4n) is 2.99. The van der Waals surface area contributed by atoms with Crippen molar-refractivity contribution in [3.63, 3.8) is 0 Å². The molecule has 0 spiro atoms. The van der Waals surface area contributed by atoms with Crippen LogP contribution in [0.1, 0.15) is 36.9 Å². The van der Waals surface area contributed by atoms with E-state index < -0.39 is 0 Å². The lowest BCUT2D eigenvalue weighted by Gasteiger charge is -2.27. The van der Waals surface area contributed by atoms with Gasteiger partial charge in [-0.05, 0) is 49.1 Å². The maximum Gasteiger partial charge on any atom is 0.317 e. The van der Waals surface area contributed by atoms with Crippen molar-refractivity contribution >= 4 is 6.03 Å². The van der Waals surface area contributed by atoms with Gasteiger partial charge >= 0.3 is 6.03 Å². The van der Waals surface area contributed by atoms with E-state index >= 15 is 0 Å². The Morgan fingerprint density at radius 1 is 1.29 bits per heavy atom. The Bertz CT molecular complexity index is 716. The highest BCUT2D eigenvalue weighted by Crippen LogP contribution is 2.48. The van der Waals surface area contributed by atoms with Crippen molar-refractivity contribution in [2.45, 2.75) is 31.2 Å². The number of nitrogens with zero attached hydrogens (tertiary/aromatic N) is 2. The number of pyridine rings is 1. The van der Waals surface area contributed by atoms with Gasteiger partial charge in [-0.3, -0.25) is 4.98 Å². The summed E-state index contributed by atoms with van der Waals surface area (Å²) in [6.07, 6.45) is 5.24. The molecule has 1 N–H and O–H groups in total. The SMILES string of the molecule is CC(c1ccncc1)N(C)C(=O)NCC1(c2ccccc2F)CC1. The Kier molecular flexibility index (Phi) is 4.51. The molecule has 2 amide bonds. The Hall–Kier alpha value is -2.43. The molecule has 0 bridgehead atoms. The zero-order chi connectivity index (χ0) is 17.2. The third-order valence-corrected chi connectivity index (χ3v) is 4.97. The van der Waals surface area contributed by atoms with E-state index in [0.717, 1.165) is 18.4 Å². The van der Waals surface area contributed by atoms with Crippen molar-refractivity contribution in [1.29, 1.82) is 0 Å². The normalized spacial score (nSPS) is 16.3. The first-order valence-corrected chi connectivity index (χ1v) is 8.19. The molecule has 1 fully saturated rings. The predicted octanol–water partition coefficient (Wildman–Crippen LogP) is 3.65. The zero-order valence-corrected chi connectivity index (χ0v) is 14.0. The summed E-state index contributed by atoms with van der Waals surface area (Å²) in [5.74, 6) is -0.192. The van der Waals surface area contributed by atoms with Gasteiger partial charge in [0, 0.05) is 31.4 Å². The van der Waals surface area contributed by atoms with Crippen molar-refractivity contribution in [3.05, 3.63) is 65.7 Å². The largest absolute Gasteiger partial charge is 0.337 e. The van der Waals surface area contributed by atoms with Gasteiger partial charge < -0.3 is 10.2 Å². The molecule has 3 rings (SSSR count). The lowest BCUT2D eigenvalue weighted by atomic mass is 9.95. The number of hydrogen-bond acceptors (Lipinski definition) is 2. The first-order valence-electron chi connectivity index (χ1n) is 8.19. The maximum absolute atomic E-state index is 14.0. The van der Waals surface area contributed by atoms with Crippen molar-refractivity contribution in [3.8, 4) is 0 Å². The van der Waals surface area contributed by atoms with Crippen LogP contribution in [0.2, 0.25) is 0 Å². The molecule has 0 aliphatic heterocycles. The highest BCUT2D eigenvalue weighted by molar-refractivity contribution is 5.74. The van der Waals surface area contributed by atoms with E-state index in [2.05, 4.69) is 10.3 Å². The van der Waals surface area contributed by atoms with Gasteiger partial charge in [-0.25, -0.2) is 9.18 Å². The Balaban J connectivity index is 1.62. The second kappa shape index (κ2) is 6.59. The molecular weight excluding hydrogens is 305 g/mol. The molecule has 2 aromatic rings. The standard InChI is InChI=1S/C19H22FN3O/c1-14(15-7-11-21-12-8-15)23(2)18(24)22-13-19(9-10-19)16-5-3-4-6-17(16)20/h3-8,11-12,14H,9-10,13H2,1-2H3,(H,22,24). The van der Waals surface area contributed by atoms with Crippen molar-refractivity contribution in [2.75, 3.05) is 13.6 Å². The van der Waals surface area contributed by atoms with Gasteiger partial charge in [0.05, 0.1) is 6.04 Å². The van der Waals surface area contributed by atoms with E-state index in [4.69, 9.17) is 0 Å². The van der Waals surface area contributed by atoms with Crippen molar-refractivity contribution < 1.29 is 9.18 Å². The molecule has 0 radical (unpaired) electrons. The minimum absolute atomic E-state index is 0.0587. The van der Waals surface area contributed by atoms with E-state index in [-0.39, 0.29) is 23.3 Å². The summed E-state index contributed by atoms with van der Waals surface area (Å²) < 4.78 is 14.0. The van der Waals surface area contributed by atoms with Gasteiger partial charge in [-0.1, -0.05) is 18.2 Å². The summed E-state index contributed by atoms with van der Waals surface area (Å²) in [7, 11) is 1.77. The third-order valence-electron chi connectivity index (χ3n) is 4.97. The number of benzene rings is 1. The summed E-state index contributed by atoms with van der Waals surface area (Å²) in [6, 6.07) is 10.4. The van der Waals surface area contributed by atoms with Crippen LogP contribution in [0.5, 0.6) is 0 Å². The number of amides is 2. The third kappa shape index (κ3) is 3.25. The molecule has 1 heterocycles. The number of carbonyl (C=O) groups is 1. The van der Waals surface area contributed by atoms with Gasteiger partial charge in [0.15, 0.2) is 0 Å². The van der Waals surface area contributed by atoms with Crippen molar-refractivity contribution in [2.24, 2.45) is 0 Å². The zero-order valence-electron chi connectivity index (χ0n) is 14.0.